The summed E-state index contributed by atoms with van der Waals surface area (Å²) in [5.41, 5.74) is 0.488. The Kier molecular flexibility index (Phi) is 5.37. The van der Waals surface area contributed by atoms with Crippen molar-refractivity contribution in [2.45, 2.75) is 38.9 Å². The fourth-order valence-electron chi connectivity index (χ4n) is 3.72. The number of carbonyl (C=O) groups excluding carboxylic acids is 2. The number of halogens is 1. The summed E-state index contributed by atoms with van der Waals surface area (Å²) in [5.74, 6) is -0.306. The zero-order valence-corrected chi connectivity index (χ0v) is 14.8. The van der Waals surface area contributed by atoms with E-state index in [1.807, 2.05) is 18.7 Å². The molecule has 0 saturated carbocycles. The van der Waals surface area contributed by atoms with Crippen LogP contribution in [0, 0.1) is 11.7 Å². The minimum Gasteiger partial charge on any atom is -0.372 e. The Labute approximate surface area is 147 Å². The van der Waals surface area contributed by atoms with Gasteiger partial charge in [-0.05, 0) is 51.0 Å². The fourth-order valence-corrected chi connectivity index (χ4v) is 3.72. The van der Waals surface area contributed by atoms with E-state index >= 15 is 0 Å². The highest BCUT2D eigenvalue weighted by Gasteiger charge is 2.33. The Morgan fingerprint density at radius 3 is 2.12 bits per heavy atom. The highest BCUT2D eigenvalue weighted by atomic mass is 19.1. The second kappa shape index (κ2) is 7.52. The second-order valence-electron chi connectivity index (χ2n) is 7.07. The molecule has 0 aromatic heterocycles. The number of carbonyl (C=O) groups is 2. The molecular formula is C19H25FN2O3. The number of hydrogen-bond donors (Lipinski definition) is 0. The molecule has 0 unspecified atom stereocenters. The third-order valence-corrected chi connectivity index (χ3v) is 4.95. The van der Waals surface area contributed by atoms with Crippen molar-refractivity contribution in [3.8, 4) is 0 Å². The van der Waals surface area contributed by atoms with Gasteiger partial charge in [0.1, 0.15) is 5.82 Å². The first kappa shape index (κ1) is 17.9. The molecule has 0 N–H and O–H groups in total. The molecule has 0 radical (unpaired) electrons. The molecule has 2 heterocycles. The van der Waals surface area contributed by atoms with Crippen molar-refractivity contribution in [2.75, 3.05) is 26.2 Å². The average Bonchev–Trinajstić information content (AvgIpc) is 2.60. The van der Waals surface area contributed by atoms with Crippen LogP contribution in [0.2, 0.25) is 0 Å². The van der Waals surface area contributed by atoms with Crippen LogP contribution in [0.5, 0.6) is 0 Å². The van der Waals surface area contributed by atoms with E-state index in [1.54, 1.807) is 4.90 Å². The minimum absolute atomic E-state index is 0.0326. The molecule has 0 spiro atoms. The maximum Gasteiger partial charge on any atom is 0.253 e. The molecule has 2 aliphatic heterocycles. The molecule has 0 bridgehead atoms. The molecule has 3 rings (SSSR count). The van der Waals surface area contributed by atoms with Gasteiger partial charge in [-0.15, -0.1) is 0 Å². The van der Waals surface area contributed by atoms with Gasteiger partial charge in [0, 0.05) is 37.7 Å². The number of rotatable bonds is 2. The molecule has 2 atom stereocenters. The molecule has 0 aliphatic carbocycles. The molecule has 6 heteroatoms. The molecule has 136 valence electrons. The predicted molar refractivity (Wildman–Crippen MR) is 91.6 cm³/mol. The summed E-state index contributed by atoms with van der Waals surface area (Å²) in [6.07, 6.45) is 1.47. The van der Waals surface area contributed by atoms with E-state index < -0.39 is 0 Å². The van der Waals surface area contributed by atoms with Gasteiger partial charge in [0.2, 0.25) is 5.91 Å². The second-order valence-corrected chi connectivity index (χ2v) is 7.07. The van der Waals surface area contributed by atoms with Gasteiger partial charge < -0.3 is 14.5 Å². The van der Waals surface area contributed by atoms with E-state index in [0.29, 0.717) is 44.6 Å². The van der Waals surface area contributed by atoms with Crippen molar-refractivity contribution >= 4 is 11.8 Å². The van der Waals surface area contributed by atoms with E-state index in [9.17, 15) is 14.0 Å². The summed E-state index contributed by atoms with van der Waals surface area (Å²) in [5, 5.41) is 0. The number of ether oxygens (including phenoxy) is 1. The number of morpholine rings is 1. The van der Waals surface area contributed by atoms with Gasteiger partial charge >= 0.3 is 0 Å². The zero-order valence-electron chi connectivity index (χ0n) is 14.8. The first-order valence-corrected chi connectivity index (χ1v) is 8.93. The molecule has 1 aromatic rings. The lowest BCUT2D eigenvalue weighted by atomic mass is 9.94. The molecule has 25 heavy (non-hydrogen) atoms. The number of likely N-dealkylation sites (tertiary alicyclic amines) is 1. The number of nitrogens with zero attached hydrogens (tertiary/aromatic N) is 2. The van der Waals surface area contributed by atoms with E-state index in [2.05, 4.69) is 0 Å². The molecule has 2 saturated heterocycles. The van der Waals surface area contributed by atoms with Crippen LogP contribution >= 0.6 is 0 Å². The van der Waals surface area contributed by atoms with E-state index in [0.717, 1.165) is 0 Å². The van der Waals surface area contributed by atoms with E-state index in [1.165, 1.54) is 24.3 Å². The highest BCUT2D eigenvalue weighted by molar-refractivity contribution is 5.94. The van der Waals surface area contributed by atoms with Crippen LogP contribution in [0.15, 0.2) is 24.3 Å². The molecule has 1 aromatic carbocycles. The van der Waals surface area contributed by atoms with Crippen LogP contribution in [0.4, 0.5) is 4.39 Å². The van der Waals surface area contributed by atoms with Crippen molar-refractivity contribution in [1.29, 1.82) is 0 Å². The summed E-state index contributed by atoms with van der Waals surface area (Å²) in [6, 6.07) is 5.60. The van der Waals surface area contributed by atoms with Crippen LogP contribution in [-0.2, 0) is 9.53 Å². The third kappa shape index (κ3) is 4.18. The first-order chi connectivity index (χ1) is 11.9. The van der Waals surface area contributed by atoms with Gasteiger partial charge in [-0.2, -0.15) is 0 Å². The van der Waals surface area contributed by atoms with Gasteiger partial charge in [0.05, 0.1) is 12.2 Å². The van der Waals surface area contributed by atoms with Gasteiger partial charge in [-0.25, -0.2) is 4.39 Å². The van der Waals surface area contributed by atoms with Crippen molar-refractivity contribution < 1.29 is 18.7 Å². The van der Waals surface area contributed by atoms with E-state index in [4.69, 9.17) is 4.74 Å². The standard InChI is InChI=1S/C19H25FN2O3/c1-13-11-22(12-14(2)25-13)19(24)16-7-9-21(10-8-16)18(23)15-3-5-17(20)6-4-15/h3-6,13-14,16H,7-12H2,1-2H3/t13-,14-/m0/s1. The Morgan fingerprint density at radius 2 is 1.56 bits per heavy atom. The number of amides is 2. The monoisotopic (exact) mass is 348 g/mol. The first-order valence-electron chi connectivity index (χ1n) is 8.93. The molecule has 2 aliphatic rings. The molecule has 2 amide bonds. The van der Waals surface area contributed by atoms with Crippen LogP contribution in [0.3, 0.4) is 0 Å². The Hall–Kier alpha value is -1.95. The predicted octanol–water partition coefficient (Wildman–Crippen LogP) is 2.31. The van der Waals surface area contributed by atoms with Gasteiger partial charge in [-0.3, -0.25) is 9.59 Å². The maximum absolute atomic E-state index is 13.0. The Bertz CT molecular complexity index is 616. The van der Waals surface area contributed by atoms with Crippen LogP contribution < -0.4 is 0 Å². The number of piperidine rings is 1. The molecular weight excluding hydrogens is 323 g/mol. The summed E-state index contributed by atoms with van der Waals surface area (Å²) >= 11 is 0. The van der Waals surface area contributed by atoms with Crippen molar-refractivity contribution in [1.82, 2.24) is 9.80 Å². The smallest absolute Gasteiger partial charge is 0.253 e. The topological polar surface area (TPSA) is 49.9 Å². The largest absolute Gasteiger partial charge is 0.372 e. The average molecular weight is 348 g/mol. The number of benzene rings is 1. The summed E-state index contributed by atoms with van der Waals surface area (Å²) in [7, 11) is 0. The Balaban J connectivity index is 1.55. The van der Waals surface area contributed by atoms with Crippen molar-refractivity contribution in [2.24, 2.45) is 5.92 Å². The molecule has 5 nitrogen and oxygen atoms in total. The van der Waals surface area contributed by atoms with Crippen molar-refractivity contribution in [3.63, 3.8) is 0 Å². The highest BCUT2D eigenvalue weighted by Crippen LogP contribution is 2.23. The van der Waals surface area contributed by atoms with Gasteiger partial charge in [0.15, 0.2) is 0 Å². The van der Waals surface area contributed by atoms with Crippen LogP contribution in [-0.4, -0.2) is 60.0 Å². The van der Waals surface area contributed by atoms with Crippen LogP contribution in [0.1, 0.15) is 37.0 Å². The lowest BCUT2D eigenvalue weighted by molar-refractivity contribution is -0.148. The fraction of sp³-hybridized carbons (Fsp3) is 0.579. The summed E-state index contributed by atoms with van der Waals surface area (Å²) < 4.78 is 18.7. The van der Waals surface area contributed by atoms with Crippen molar-refractivity contribution in [3.05, 3.63) is 35.6 Å². The lowest BCUT2D eigenvalue weighted by Crippen LogP contribution is -2.51. The third-order valence-electron chi connectivity index (χ3n) is 4.95. The van der Waals surface area contributed by atoms with Gasteiger partial charge in [0.25, 0.3) is 5.91 Å². The maximum atomic E-state index is 13.0. The minimum atomic E-state index is -0.352. The normalized spacial score (nSPS) is 25.1. The van der Waals surface area contributed by atoms with Crippen LogP contribution in [0.25, 0.3) is 0 Å². The quantitative estimate of drug-likeness (QED) is 0.824. The Morgan fingerprint density at radius 1 is 1.00 bits per heavy atom. The zero-order chi connectivity index (χ0) is 18.0. The molecule has 2 fully saturated rings. The number of hydrogen-bond acceptors (Lipinski definition) is 3. The lowest BCUT2D eigenvalue weighted by Gasteiger charge is -2.39. The summed E-state index contributed by atoms with van der Waals surface area (Å²) in [4.78, 5) is 28.9. The van der Waals surface area contributed by atoms with E-state index in [-0.39, 0.29) is 35.8 Å². The van der Waals surface area contributed by atoms with Gasteiger partial charge in [-0.1, -0.05) is 0 Å². The summed E-state index contributed by atoms with van der Waals surface area (Å²) in [6.45, 7) is 6.36. The SMILES string of the molecule is C[C@H]1CN(C(=O)C2CCN(C(=O)c3ccc(F)cc3)CC2)C[C@H](C)O1.